The molecular weight excluding hydrogens is 550 g/mol. The molecule has 0 radical (unpaired) electrons. The molecule has 0 bridgehead atoms. The van der Waals surface area contributed by atoms with Gasteiger partial charge >= 0.3 is 23.9 Å². The number of hydrogen-bond acceptors (Lipinski definition) is 10. The molecule has 5 N–H and O–H groups in total. The van der Waals surface area contributed by atoms with Gasteiger partial charge in [-0.1, -0.05) is 30.3 Å². The van der Waals surface area contributed by atoms with Gasteiger partial charge in [-0.25, -0.2) is 14.8 Å². The minimum absolute atomic E-state index is 0.337. The van der Waals surface area contributed by atoms with E-state index >= 15 is 0 Å². The Hall–Kier alpha value is -4.59. The number of carboxylic acids is 3. The molecule has 0 saturated carbocycles. The van der Waals surface area contributed by atoms with Crippen molar-refractivity contribution in [3.05, 3.63) is 78.1 Å². The molecular formula is C29H33N3O10. The molecule has 4 rings (SSSR count). The summed E-state index contributed by atoms with van der Waals surface area (Å²) in [6.07, 6.45) is 2.36. The van der Waals surface area contributed by atoms with Crippen LogP contribution in [0.4, 0.5) is 0 Å². The third kappa shape index (κ3) is 8.96. The summed E-state index contributed by atoms with van der Waals surface area (Å²) >= 11 is 0. The largest absolute Gasteiger partial charge is 0.496 e. The van der Waals surface area contributed by atoms with Crippen LogP contribution in [0.2, 0.25) is 0 Å². The molecule has 224 valence electrons. The Morgan fingerprint density at radius 3 is 2.12 bits per heavy atom. The molecule has 1 aromatic heterocycles. The maximum Gasteiger partial charge on any atom is 0.336 e. The topological polar surface area (TPSA) is 200 Å². The van der Waals surface area contributed by atoms with Crippen molar-refractivity contribution in [2.75, 3.05) is 20.2 Å². The molecule has 2 aromatic carbocycles. The second kappa shape index (κ2) is 14.3. The van der Waals surface area contributed by atoms with E-state index < -0.39 is 42.0 Å². The molecule has 42 heavy (non-hydrogen) atoms. The van der Waals surface area contributed by atoms with E-state index in [1.807, 2.05) is 42.5 Å². The first-order valence-electron chi connectivity index (χ1n) is 13.0. The summed E-state index contributed by atoms with van der Waals surface area (Å²) in [4.78, 5) is 41.0. The van der Waals surface area contributed by atoms with E-state index in [1.54, 1.807) is 25.6 Å². The number of carbonyl (C=O) groups is 3. The Morgan fingerprint density at radius 2 is 1.55 bits per heavy atom. The lowest BCUT2D eigenvalue weighted by atomic mass is 9.84. The number of nitrogens with zero attached hydrogens (tertiary/aromatic N) is 3. The highest BCUT2D eigenvalue weighted by Gasteiger charge is 2.41. The number of likely N-dealkylation sites (tertiary alicyclic amines) is 1. The predicted octanol–water partition coefficient (Wildman–Crippen LogP) is 2.51. The normalized spacial score (nSPS) is 14.6. The lowest BCUT2D eigenvalue weighted by Crippen LogP contribution is -2.42. The van der Waals surface area contributed by atoms with Crippen molar-refractivity contribution >= 4 is 17.9 Å². The Labute approximate surface area is 241 Å². The molecule has 0 unspecified atom stereocenters. The molecule has 2 heterocycles. The summed E-state index contributed by atoms with van der Waals surface area (Å²) in [5.74, 6) is -3.55. The molecule has 1 aliphatic rings. The molecule has 0 amide bonds. The summed E-state index contributed by atoms with van der Waals surface area (Å²) in [5.41, 5.74) is -1.56. The molecule has 1 saturated heterocycles. The van der Waals surface area contributed by atoms with Crippen LogP contribution in [0.3, 0.4) is 0 Å². The van der Waals surface area contributed by atoms with E-state index in [1.165, 1.54) is 0 Å². The number of ether oxygens (including phenoxy) is 2. The second-order valence-corrected chi connectivity index (χ2v) is 9.77. The molecule has 1 fully saturated rings. The highest BCUT2D eigenvalue weighted by molar-refractivity contribution is 5.88. The molecule has 13 heteroatoms. The average Bonchev–Trinajstić information content (AvgIpc) is 2.94. The van der Waals surface area contributed by atoms with Gasteiger partial charge in [-0.05, 0) is 42.7 Å². The third-order valence-corrected chi connectivity index (χ3v) is 6.63. The van der Waals surface area contributed by atoms with E-state index in [-0.39, 0.29) is 0 Å². The summed E-state index contributed by atoms with van der Waals surface area (Å²) in [6.45, 7) is 2.41. The van der Waals surface area contributed by atoms with Gasteiger partial charge in [-0.3, -0.25) is 14.5 Å². The van der Waals surface area contributed by atoms with Crippen molar-refractivity contribution in [2.45, 2.75) is 43.4 Å². The van der Waals surface area contributed by atoms with Crippen molar-refractivity contribution in [3.8, 4) is 17.5 Å². The van der Waals surface area contributed by atoms with E-state index in [0.29, 0.717) is 18.9 Å². The number of carboxylic acid groups (broad SMARTS) is 3. The van der Waals surface area contributed by atoms with Gasteiger partial charge in [0, 0.05) is 37.6 Å². The minimum atomic E-state index is -2.74. The van der Waals surface area contributed by atoms with Gasteiger partial charge in [-0.15, -0.1) is 0 Å². The maximum absolute atomic E-state index is 11.2. The average molecular weight is 584 g/mol. The Bertz CT molecular complexity index is 1340. The molecule has 13 nitrogen and oxygen atoms in total. The zero-order valence-electron chi connectivity index (χ0n) is 22.9. The van der Waals surface area contributed by atoms with Crippen LogP contribution < -0.4 is 9.47 Å². The van der Waals surface area contributed by atoms with Crippen molar-refractivity contribution in [1.82, 2.24) is 14.9 Å². The molecule has 0 atom stereocenters. The van der Waals surface area contributed by atoms with Crippen LogP contribution in [0.5, 0.6) is 17.5 Å². The lowest BCUT2D eigenvalue weighted by molar-refractivity contribution is -0.170. The van der Waals surface area contributed by atoms with Gasteiger partial charge in [0.15, 0.2) is 5.60 Å². The van der Waals surface area contributed by atoms with E-state index in [4.69, 9.17) is 29.9 Å². The summed E-state index contributed by atoms with van der Waals surface area (Å²) in [6, 6.07) is 17.8. The number of para-hydroxylation sites is 1. The Morgan fingerprint density at radius 1 is 0.929 bits per heavy atom. The van der Waals surface area contributed by atoms with Gasteiger partial charge in [0.05, 0.1) is 25.6 Å². The number of rotatable bonds is 11. The first-order valence-corrected chi connectivity index (χ1v) is 13.0. The van der Waals surface area contributed by atoms with Crippen LogP contribution in [0, 0.1) is 0 Å². The van der Waals surface area contributed by atoms with Crippen LogP contribution in [-0.4, -0.2) is 84.1 Å². The van der Waals surface area contributed by atoms with Crippen molar-refractivity contribution < 1.29 is 49.4 Å². The standard InChI is InChI=1S/C23H25N3O3.C6H8O7/c1-28-21-9-3-2-8-20(21)23(27)10-14-26(15-11-23)17-18-6-4-7-19(16-18)29-22-24-12-5-13-25-22;7-3(8)1-6(13,5(11)12)2-4(9)10/h2-9,12-13,16,27H,10-11,14-15,17H2,1H3;13H,1-2H2,(H,7,8)(H,9,10)(H,11,12). The number of aliphatic hydroxyl groups is 2. The predicted molar refractivity (Wildman–Crippen MR) is 147 cm³/mol. The van der Waals surface area contributed by atoms with Crippen LogP contribution in [-0.2, 0) is 26.5 Å². The van der Waals surface area contributed by atoms with Crippen LogP contribution in [0.1, 0.15) is 36.8 Å². The quantitative estimate of drug-likeness (QED) is 0.221. The van der Waals surface area contributed by atoms with Crippen LogP contribution >= 0.6 is 0 Å². The number of piperidine rings is 1. The zero-order chi connectivity index (χ0) is 30.8. The first-order chi connectivity index (χ1) is 19.9. The fourth-order valence-electron chi connectivity index (χ4n) is 4.50. The van der Waals surface area contributed by atoms with Gasteiger partial charge in [-0.2, -0.15) is 0 Å². The molecule has 0 aliphatic carbocycles. The van der Waals surface area contributed by atoms with E-state index in [2.05, 4.69) is 20.9 Å². The van der Waals surface area contributed by atoms with Gasteiger partial charge in [0.1, 0.15) is 11.5 Å². The van der Waals surface area contributed by atoms with E-state index in [9.17, 15) is 19.5 Å². The Kier molecular flexibility index (Phi) is 10.9. The van der Waals surface area contributed by atoms with Gasteiger partial charge < -0.3 is 35.0 Å². The highest BCUT2D eigenvalue weighted by Crippen LogP contribution is 2.38. The molecule has 1 aliphatic heterocycles. The first kappa shape index (κ1) is 31.9. The Balaban J connectivity index is 0.000000316. The fraction of sp³-hybridized carbons (Fsp3) is 0.345. The monoisotopic (exact) mass is 583 g/mol. The number of methoxy groups -OCH3 is 1. The summed E-state index contributed by atoms with van der Waals surface area (Å²) < 4.78 is 11.2. The zero-order valence-corrected chi connectivity index (χ0v) is 22.9. The number of aromatic nitrogens is 2. The molecule has 0 spiro atoms. The fourth-order valence-corrected chi connectivity index (χ4v) is 4.50. The van der Waals surface area contributed by atoms with Crippen molar-refractivity contribution in [3.63, 3.8) is 0 Å². The maximum atomic E-state index is 11.2. The van der Waals surface area contributed by atoms with Gasteiger partial charge in [0.2, 0.25) is 0 Å². The van der Waals surface area contributed by atoms with Crippen molar-refractivity contribution in [1.29, 1.82) is 0 Å². The smallest absolute Gasteiger partial charge is 0.336 e. The minimum Gasteiger partial charge on any atom is -0.496 e. The molecule has 3 aromatic rings. The highest BCUT2D eigenvalue weighted by atomic mass is 16.5. The SMILES string of the molecule is COc1ccccc1C1(O)CCN(Cc2cccc(Oc3ncccn3)c2)CC1.O=C(O)CC(O)(CC(=O)O)C(=O)O. The van der Waals surface area contributed by atoms with Crippen LogP contribution in [0.15, 0.2) is 67.0 Å². The number of aliphatic carboxylic acids is 3. The lowest BCUT2D eigenvalue weighted by Gasteiger charge is -2.39. The summed E-state index contributed by atoms with van der Waals surface area (Å²) in [7, 11) is 1.65. The number of benzene rings is 2. The number of hydrogen-bond donors (Lipinski definition) is 5. The van der Waals surface area contributed by atoms with Crippen LogP contribution in [0.25, 0.3) is 0 Å². The summed E-state index contributed by atoms with van der Waals surface area (Å²) in [5, 5.41) is 45.0. The van der Waals surface area contributed by atoms with E-state index in [0.717, 1.165) is 42.3 Å². The van der Waals surface area contributed by atoms with Crippen molar-refractivity contribution in [2.24, 2.45) is 0 Å². The van der Waals surface area contributed by atoms with Gasteiger partial charge in [0.25, 0.3) is 0 Å². The second-order valence-electron chi connectivity index (χ2n) is 9.77. The third-order valence-electron chi connectivity index (χ3n) is 6.63.